The molecule has 3 rings (SSSR count). The number of nitrogens with one attached hydrogen (secondary N) is 1. The quantitative estimate of drug-likeness (QED) is 0.399. The first-order valence-corrected chi connectivity index (χ1v) is 13.5. The largest absolute Gasteiger partial charge is 0.325 e. The summed E-state index contributed by atoms with van der Waals surface area (Å²) in [7, 11) is -7.76. The number of amides is 1. The van der Waals surface area contributed by atoms with Crippen LogP contribution in [0, 0.1) is 0 Å². The van der Waals surface area contributed by atoms with Gasteiger partial charge in [0.25, 0.3) is 0 Å². The Morgan fingerprint density at radius 2 is 1.75 bits per heavy atom. The second-order valence-corrected chi connectivity index (χ2v) is 11.5. The first-order chi connectivity index (χ1) is 14.9. The summed E-state index contributed by atoms with van der Waals surface area (Å²) < 4.78 is 48.3. The normalized spacial score (nSPS) is 13.2. The molecular formula is C19H23N5O5S3. The van der Waals surface area contributed by atoms with Gasteiger partial charge in [-0.25, -0.2) is 32.1 Å². The van der Waals surface area contributed by atoms with Crippen molar-refractivity contribution in [3.05, 3.63) is 42.5 Å². The number of nitrogens with zero attached hydrogens (tertiary/aromatic N) is 2. The van der Waals surface area contributed by atoms with Gasteiger partial charge in [0.15, 0.2) is 5.16 Å². The third-order valence-corrected chi connectivity index (χ3v) is 7.45. The molecule has 0 bridgehead atoms. The highest BCUT2D eigenvalue weighted by atomic mass is 32.2. The van der Waals surface area contributed by atoms with E-state index in [0.717, 1.165) is 11.9 Å². The number of carbonyl (C=O) groups excluding carboxylic acids is 1. The van der Waals surface area contributed by atoms with Crippen LogP contribution in [0.5, 0.6) is 0 Å². The Hall–Kier alpha value is -2.45. The Morgan fingerprint density at radius 3 is 2.38 bits per heavy atom. The molecule has 3 aromatic rings. The van der Waals surface area contributed by atoms with Crippen LogP contribution in [0.3, 0.4) is 0 Å². The number of aryl methyl sites for hydroxylation is 1. The maximum Gasteiger partial charge on any atom is 0.238 e. The standard InChI is InChI=1S/C19H23N5O5S3/c1-3-9-24-17-8-7-15(32(21,28)29)11-16(17)23-19(24)30-12(2)18(25)22-13-5-4-6-14(10-13)31(20,26)27/h4-8,10-12H,3,9H2,1-2H3,(H,22,25)(H2,20,26,27)(H2,21,28,29)/t12-/m1/s1. The van der Waals surface area contributed by atoms with E-state index in [9.17, 15) is 21.6 Å². The number of thioether (sulfide) groups is 1. The van der Waals surface area contributed by atoms with Crippen molar-refractivity contribution in [2.75, 3.05) is 5.32 Å². The fourth-order valence-corrected chi connectivity index (χ4v) is 5.04. The Balaban J connectivity index is 1.86. The van der Waals surface area contributed by atoms with E-state index in [1.807, 2.05) is 11.5 Å². The molecule has 32 heavy (non-hydrogen) atoms. The zero-order chi connectivity index (χ0) is 23.7. The molecule has 1 aromatic heterocycles. The number of hydrogen-bond acceptors (Lipinski definition) is 7. The van der Waals surface area contributed by atoms with Gasteiger partial charge < -0.3 is 9.88 Å². The highest BCUT2D eigenvalue weighted by Gasteiger charge is 2.21. The molecule has 172 valence electrons. The van der Waals surface area contributed by atoms with Gasteiger partial charge in [0.1, 0.15) is 0 Å². The smallest absolute Gasteiger partial charge is 0.238 e. The van der Waals surface area contributed by atoms with Gasteiger partial charge in [0.05, 0.1) is 26.1 Å². The Bertz CT molecular complexity index is 1380. The molecule has 1 heterocycles. The number of rotatable bonds is 8. The molecule has 0 aliphatic carbocycles. The number of fused-ring (bicyclic) bond motifs is 1. The Kier molecular flexibility index (Phi) is 6.95. The summed E-state index contributed by atoms with van der Waals surface area (Å²) in [5, 5.41) is 13.0. The number of carbonyl (C=O) groups is 1. The molecule has 1 atom stereocenters. The van der Waals surface area contributed by atoms with Crippen LogP contribution < -0.4 is 15.6 Å². The molecule has 2 aromatic carbocycles. The lowest BCUT2D eigenvalue weighted by Crippen LogP contribution is -2.23. The third kappa shape index (κ3) is 5.48. The van der Waals surface area contributed by atoms with Crippen molar-refractivity contribution in [3.8, 4) is 0 Å². The second-order valence-electron chi connectivity index (χ2n) is 7.06. The van der Waals surface area contributed by atoms with Gasteiger partial charge >= 0.3 is 0 Å². The third-order valence-electron chi connectivity index (χ3n) is 4.54. The Morgan fingerprint density at radius 1 is 1.09 bits per heavy atom. The highest BCUT2D eigenvalue weighted by Crippen LogP contribution is 2.29. The second kappa shape index (κ2) is 9.19. The van der Waals surface area contributed by atoms with Gasteiger partial charge in [0.2, 0.25) is 26.0 Å². The number of sulfonamides is 2. The minimum absolute atomic E-state index is 0.0387. The summed E-state index contributed by atoms with van der Waals surface area (Å²) in [6.45, 7) is 4.31. The number of benzene rings is 2. The molecule has 13 heteroatoms. The van der Waals surface area contributed by atoms with E-state index in [2.05, 4.69) is 10.3 Å². The molecule has 0 spiro atoms. The number of hydrogen-bond donors (Lipinski definition) is 3. The monoisotopic (exact) mass is 497 g/mol. The van der Waals surface area contributed by atoms with Gasteiger partial charge in [-0.2, -0.15) is 0 Å². The summed E-state index contributed by atoms with van der Waals surface area (Å²) in [5.41, 5.74) is 1.49. The predicted octanol–water partition coefficient (Wildman–Crippen LogP) is 1.86. The van der Waals surface area contributed by atoms with Gasteiger partial charge in [-0.3, -0.25) is 4.79 Å². The fraction of sp³-hybridized carbons (Fsp3) is 0.263. The van der Waals surface area contributed by atoms with Crippen LogP contribution in [-0.2, 0) is 31.4 Å². The molecule has 1 amide bonds. The lowest BCUT2D eigenvalue weighted by molar-refractivity contribution is -0.115. The van der Waals surface area contributed by atoms with Crippen molar-refractivity contribution >= 4 is 54.4 Å². The molecular weight excluding hydrogens is 474 g/mol. The SMILES string of the molecule is CCCn1c(S[C@H](C)C(=O)Nc2cccc(S(N)(=O)=O)c2)nc2cc(S(N)(=O)=O)ccc21. The van der Waals surface area contributed by atoms with Crippen molar-refractivity contribution in [1.82, 2.24) is 9.55 Å². The molecule has 0 aliphatic heterocycles. The van der Waals surface area contributed by atoms with Crippen LogP contribution in [0.1, 0.15) is 20.3 Å². The maximum atomic E-state index is 12.7. The van der Waals surface area contributed by atoms with Crippen LogP contribution in [0.25, 0.3) is 11.0 Å². The van der Waals surface area contributed by atoms with E-state index in [1.54, 1.807) is 19.1 Å². The van der Waals surface area contributed by atoms with Gasteiger partial charge in [-0.1, -0.05) is 24.8 Å². The minimum Gasteiger partial charge on any atom is -0.325 e. The molecule has 0 radical (unpaired) electrons. The number of primary sulfonamides is 2. The van der Waals surface area contributed by atoms with Gasteiger partial charge in [-0.15, -0.1) is 0 Å². The minimum atomic E-state index is -3.89. The fourth-order valence-electron chi connectivity index (χ4n) is 3.00. The molecule has 5 N–H and O–H groups in total. The van der Waals surface area contributed by atoms with Crippen molar-refractivity contribution in [2.45, 2.75) is 47.0 Å². The van der Waals surface area contributed by atoms with Crippen LogP contribution in [-0.4, -0.2) is 37.5 Å². The molecule has 10 nitrogen and oxygen atoms in total. The van der Waals surface area contributed by atoms with Crippen molar-refractivity contribution in [1.29, 1.82) is 0 Å². The summed E-state index contributed by atoms with van der Waals surface area (Å²) in [4.78, 5) is 17.1. The first-order valence-electron chi connectivity index (χ1n) is 9.53. The summed E-state index contributed by atoms with van der Waals surface area (Å²) >= 11 is 1.20. The van der Waals surface area contributed by atoms with E-state index in [-0.39, 0.29) is 15.7 Å². The highest BCUT2D eigenvalue weighted by molar-refractivity contribution is 8.00. The number of imidazole rings is 1. The summed E-state index contributed by atoms with van der Waals surface area (Å²) in [5.74, 6) is -0.359. The zero-order valence-corrected chi connectivity index (χ0v) is 19.8. The lowest BCUT2D eigenvalue weighted by atomic mass is 10.3. The van der Waals surface area contributed by atoms with E-state index < -0.39 is 25.3 Å². The first kappa shape index (κ1) is 24.2. The molecule has 0 saturated heterocycles. The van der Waals surface area contributed by atoms with E-state index >= 15 is 0 Å². The topological polar surface area (TPSA) is 167 Å². The zero-order valence-electron chi connectivity index (χ0n) is 17.3. The number of nitrogens with two attached hydrogens (primary N) is 2. The van der Waals surface area contributed by atoms with Crippen molar-refractivity contribution in [3.63, 3.8) is 0 Å². The van der Waals surface area contributed by atoms with Crippen molar-refractivity contribution < 1.29 is 21.6 Å². The van der Waals surface area contributed by atoms with Crippen LogP contribution in [0.2, 0.25) is 0 Å². The van der Waals surface area contributed by atoms with Gasteiger partial charge in [0, 0.05) is 12.2 Å². The summed E-state index contributed by atoms with van der Waals surface area (Å²) in [6, 6.07) is 10.1. The predicted molar refractivity (Wildman–Crippen MR) is 123 cm³/mol. The number of aromatic nitrogens is 2. The van der Waals surface area contributed by atoms with Crippen LogP contribution in [0.15, 0.2) is 57.4 Å². The Labute approximate surface area is 190 Å². The molecule has 0 unspecified atom stereocenters. The van der Waals surface area contributed by atoms with Crippen molar-refractivity contribution in [2.24, 2.45) is 10.3 Å². The molecule has 0 aliphatic rings. The molecule has 0 saturated carbocycles. The van der Waals surface area contributed by atoms with Crippen LogP contribution in [0.4, 0.5) is 5.69 Å². The average Bonchev–Trinajstić information content (AvgIpc) is 3.03. The van der Waals surface area contributed by atoms with E-state index in [4.69, 9.17) is 10.3 Å². The summed E-state index contributed by atoms with van der Waals surface area (Å²) in [6.07, 6.45) is 0.802. The lowest BCUT2D eigenvalue weighted by Gasteiger charge is -2.13. The van der Waals surface area contributed by atoms with Crippen LogP contribution >= 0.6 is 11.8 Å². The molecule has 0 fully saturated rings. The van der Waals surface area contributed by atoms with Gasteiger partial charge in [-0.05, 0) is 49.7 Å². The maximum absolute atomic E-state index is 12.7. The van der Waals surface area contributed by atoms with E-state index in [1.165, 1.54) is 42.1 Å². The van der Waals surface area contributed by atoms with E-state index in [0.29, 0.717) is 22.9 Å². The average molecular weight is 498 g/mol. The number of anilines is 1.